The van der Waals surface area contributed by atoms with Gasteiger partial charge in [0.05, 0.1) is 11.8 Å². The minimum Gasteiger partial charge on any atom is -0.346 e. The van der Waals surface area contributed by atoms with Gasteiger partial charge in [-0.2, -0.15) is 4.31 Å². The summed E-state index contributed by atoms with van der Waals surface area (Å²) in [4.78, 5) is 69.9. The van der Waals surface area contributed by atoms with Crippen LogP contribution >= 0.6 is 0 Å². The molecule has 0 radical (unpaired) electrons. The molecule has 0 aromatic heterocycles. The van der Waals surface area contributed by atoms with Crippen molar-refractivity contribution in [3.63, 3.8) is 0 Å². The first-order chi connectivity index (χ1) is 24.2. The molecule has 298 valence electrons. The molecule has 1 aliphatic heterocycles. The van der Waals surface area contributed by atoms with Gasteiger partial charge in [0.1, 0.15) is 12.1 Å². The Morgan fingerprint density at radius 2 is 1.60 bits per heavy atom. The Labute approximate surface area is 313 Å². The molecule has 1 unspecified atom stereocenters. The number of hydrogen-bond acceptors (Lipinski definition) is 7. The first kappa shape index (κ1) is 45.2. The smallest absolute Gasteiger partial charge is 0.315 e. The summed E-state index contributed by atoms with van der Waals surface area (Å²) in [5.41, 5.74) is -0.645. The Morgan fingerprint density at radius 3 is 2.13 bits per heavy atom. The van der Waals surface area contributed by atoms with Crippen molar-refractivity contribution >= 4 is 39.6 Å². The zero-order valence-electron chi connectivity index (χ0n) is 33.3. The second-order valence-electron chi connectivity index (χ2n) is 16.5. The summed E-state index contributed by atoms with van der Waals surface area (Å²) in [6, 6.07) is -4.23. The summed E-state index contributed by atoms with van der Waals surface area (Å²) < 4.78 is 27.9. The van der Waals surface area contributed by atoms with Crippen LogP contribution in [0.5, 0.6) is 0 Å². The Balaban J connectivity index is 2.41. The largest absolute Gasteiger partial charge is 0.346 e. The van der Waals surface area contributed by atoms with Crippen LogP contribution in [-0.2, 0) is 29.2 Å². The number of amides is 5. The second-order valence-corrected chi connectivity index (χ2v) is 18.5. The van der Waals surface area contributed by atoms with Gasteiger partial charge in [0.25, 0.3) is 5.91 Å². The van der Waals surface area contributed by atoms with Crippen molar-refractivity contribution in [1.29, 1.82) is 0 Å². The molecule has 0 spiro atoms. The SMILES string of the molecule is C=CCNC(=O)C(=O)C(CCCC)NC(=O)[C@@H]1[C@@H](CC(C)C)CCN1C(=O)[C@@H](NC(=O)N[C@H](CS(=O)(=O)N(C)C(C)(C)C)C(C)C)C1CCCCC1. The maximum Gasteiger partial charge on any atom is 0.315 e. The maximum absolute atomic E-state index is 14.7. The highest BCUT2D eigenvalue weighted by molar-refractivity contribution is 7.89. The fourth-order valence-corrected chi connectivity index (χ4v) is 9.17. The van der Waals surface area contributed by atoms with Gasteiger partial charge in [0.15, 0.2) is 0 Å². The highest BCUT2D eigenvalue weighted by atomic mass is 32.2. The number of hydrogen-bond donors (Lipinski definition) is 4. The lowest BCUT2D eigenvalue weighted by molar-refractivity contribution is -0.144. The van der Waals surface area contributed by atoms with Gasteiger partial charge in [-0.15, -0.1) is 6.58 Å². The summed E-state index contributed by atoms with van der Waals surface area (Å²) in [5.74, 6) is -3.03. The minimum atomic E-state index is -3.73. The molecule has 1 aliphatic carbocycles. The van der Waals surface area contributed by atoms with Gasteiger partial charge in [0.2, 0.25) is 27.6 Å². The minimum absolute atomic E-state index is 0.116. The molecule has 1 saturated heterocycles. The highest BCUT2D eigenvalue weighted by Crippen LogP contribution is 2.34. The van der Waals surface area contributed by atoms with Crippen LogP contribution in [0.1, 0.15) is 120 Å². The van der Waals surface area contributed by atoms with Crippen LogP contribution in [0.3, 0.4) is 0 Å². The number of Topliss-reactive ketones (excluding diaryl/α,β-unsaturated/α-hetero) is 1. The van der Waals surface area contributed by atoms with E-state index in [-0.39, 0.29) is 48.3 Å². The molecule has 14 heteroatoms. The Kier molecular flexibility index (Phi) is 17.8. The number of carbonyl (C=O) groups excluding carboxylic acids is 5. The van der Waals surface area contributed by atoms with Crippen molar-refractivity contribution < 1.29 is 32.4 Å². The van der Waals surface area contributed by atoms with E-state index in [4.69, 9.17) is 0 Å². The predicted octanol–water partition coefficient (Wildman–Crippen LogP) is 4.13. The van der Waals surface area contributed by atoms with Gasteiger partial charge in [-0.25, -0.2) is 13.2 Å². The van der Waals surface area contributed by atoms with Gasteiger partial charge in [-0.05, 0) is 76.5 Å². The van der Waals surface area contributed by atoms with E-state index in [9.17, 15) is 32.4 Å². The number of unbranched alkanes of at least 4 members (excludes halogenated alkanes) is 1. The van der Waals surface area contributed by atoms with Crippen LogP contribution in [0.25, 0.3) is 0 Å². The lowest BCUT2D eigenvalue weighted by Gasteiger charge is -2.36. The van der Waals surface area contributed by atoms with Crippen LogP contribution in [0.15, 0.2) is 12.7 Å². The third-order valence-corrected chi connectivity index (χ3v) is 12.7. The number of ketones is 1. The number of nitrogens with zero attached hydrogens (tertiary/aromatic N) is 2. The zero-order chi connectivity index (χ0) is 39.4. The van der Waals surface area contributed by atoms with E-state index in [0.29, 0.717) is 25.8 Å². The molecule has 4 N–H and O–H groups in total. The van der Waals surface area contributed by atoms with E-state index in [2.05, 4.69) is 41.7 Å². The van der Waals surface area contributed by atoms with Crippen molar-refractivity contribution in [1.82, 2.24) is 30.5 Å². The van der Waals surface area contributed by atoms with Crippen molar-refractivity contribution in [3.05, 3.63) is 12.7 Å². The fourth-order valence-electron chi connectivity index (χ4n) is 7.19. The zero-order valence-corrected chi connectivity index (χ0v) is 34.1. The predicted molar refractivity (Wildman–Crippen MR) is 205 cm³/mol. The van der Waals surface area contributed by atoms with Crippen LogP contribution in [0.4, 0.5) is 4.79 Å². The Morgan fingerprint density at radius 1 is 0.962 bits per heavy atom. The van der Waals surface area contributed by atoms with E-state index in [1.165, 1.54) is 17.4 Å². The van der Waals surface area contributed by atoms with Crippen LogP contribution in [0, 0.1) is 23.7 Å². The number of likely N-dealkylation sites (tertiary alicyclic amines) is 1. The van der Waals surface area contributed by atoms with E-state index < -0.39 is 63.4 Å². The number of rotatable bonds is 19. The van der Waals surface area contributed by atoms with E-state index >= 15 is 0 Å². The number of carbonyl (C=O) groups is 5. The summed E-state index contributed by atoms with van der Waals surface area (Å²) in [5, 5.41) is 11.1. The fraction of sp³-hybridized carbons (Fsp3) is 0.816. The summed E-state index contributed by atoms with van der Waals surface area (Å²) in [6.45, 7) is 19.1. The van der Waals surface area contributed by atoms with Gasteiger partial charge in [-0.1, -0.05) is 72.8 Å². The maximum atomic E-state index is 14.7. The van der Waals surface area contributed by atoms with Crippen molar-refractivity contribution in [2.75, 3.05) is 25.9 Å². The normalized spacial score (nSPS) is 20.3. The van der Waals surface area contributed by atoms with Gasteiger partial charge in [-0.3, -0.25) is 19.2 Å². The number of urea groups is 1. The van der Waals surface area contributed by atoms with Crippen LogP contribution in [-0.4, -0.2) is 103 Å². The molecule has 5 atom stereocenters. The summed E-state index contributed by atoms with van der Waals surface area (Å²) in [7, 11) is -2.21. The molecule has 5 amide bonds. The van der Waals surface area contributed by atoms with Gasteiger partial charge >= 0.3 is 6.03 Å². The van der Waals surface area contributed by atoms with E-state index in [1.807, 2.05) is 20.8 Å². The molecule has 2 rings (SSSR count). The van der Waals surface area contributed by atoms with Gasteiger partial charge < -0.3 is 26.2 Å². The number of sulfonamides is 1. The van der Waals surface area contributed by atoms with Crippen molar-refractivity contribution in [2.24, 2.45) is 23.7 Å². The molecule has 0 aromatic carbocycles. The van der Waals surface area contributed by atoms with Crippen LogP contribution in [0.2, 0.25) is 0 Å². The summed E-state index contributed by atoms with van der Waals surface area (Å²) in [6.07, 6.45) is 8.64. The Hall–Kier alpha value is -3.00. The second kappa shape index (κ2) is 20.5. The van der Waals surface area contributed by atoms with E-state index in [0.717, 1.165) is 38.5 Å². The van der Waals surface area contributed by atoms with Gasteiger partial charge in [0, 0.05) is 31.7 Å². The molecule has 2 fully saturated rings. The third kappa shape index (κ3) is 13.1. The summed E-state index contributed by atoms with van der Waals surface area (Å²) >= 11 is 0. The van der Waals surface area contributed by atoms with Crippen molar-refractivity contribution in [2.45, 2.75) is 149 Å². The monoisotopic (exact) mass is 752 g/mol. The third-order valence-electron chi connectivity index (χ3n) is 10.5. The molecule has 0 aromatic rings. The molecular weight excluding hydrogens is 685 g/mol. The topological polar surface area (TPSA) is 174 Å². The standard InChI is InChI=1S/C38H68N6O7S/c1-11-13-19-29(33(45)35(47)39-21-12-2)40-34(46)32-28(23-25(3)4)20-22-44(32)36(48)31(27-17-15-14-16-18-27)42-37(49)41-30(26(5)6)24-52(50,51)43(10)38(7,8)9/h12,25-32H,2,11,13-24H2,1,3-10H3,(H,39,47)(H,40,46)(H2,41,42,49)/t28-,29?,30-,31+,32+/m1/s1. The molecule has 2 aliphatic rings. The van der Waals surface area contributed by atoms with Crippen molar-refractivity contribution in [3.8, 4) is 0 Å². The molecule has 0 bridgehead atoms. The number of nitrogens with one attached hydrogen (secondary N) is 4. The molecule has 1 saturated carbocycles. The van der Waals surface area contributed by atoms with Crippen LogP contribution < -0.4 is 21.3 Å². The lowest BCUT2D eigenvalue weighted by atomic mass is 9.83. The molecule has 13 nitrogen and oxygen atoms in total. The molecule has 1 heterocycles. The Bertz CT molecular complexity index is 1340. The highest BCUT2D eigenvalue weighted by Gasteiger charge is 2.46. The first-order valence-electron chi connectivity index (χ1n) is 19.3. The molecule has 52 heavy (non-hydrogen) atoms. The average molecular weight is 753 g/mol. The average Bonchev–Trinajstić information content (AvgIpc) is 3.49. The quantitative estimate of drug-likeness (QED) is 0.113. The first-order valence-corrected chi connectivity index (χ1v) is 20.9. The lowest BCUT2D eigenvalue weighted by Crippen LogP contribution is -2.60. The van der Waals surface area contributed by atoms with E-state index in [1.54, 1.807) is 25.7 Å². The molecular formula is C38H68N6O7S.